The quantitative estimate of drug-likeness (QED) is 0.795. The molecule has 0 heterocycles. The van der Waals surface area contributed by atoms with Crippen LogP contribution in [0, 0.1) is 0 Å². The summed E-state index contributed by atoms with van der Waals surface area (Å²) in [6, 6.07) is 8.02. The van der Waals surface area contributed by atoms with Gasteiger partial charge in [0, 0.05) is 15.3 Å². The fourth-order valence-corrected chi connectivity index (χ4v) is 2.48. The molecular formula is C13H17Br2NO. The van der Waals surface area contributed by atoms with Gasteiger partial charge in [-0.15, -0.1) is 0 Å². The number of amides is 1. The van der Waals surface area contributed by atoms with Gasteiger partial charge in [0.1, 0.15) is 0 Å². The second kappa shape index (κ2) is 7.17. The van der Waals surface area contributed by atoms with Crippen molar-refractivity contribution in [2.75, 3.05) is 0 Å². The van der Waals surface area contributed by atoms with Gasteiger partial charge in [-0.25, -0.2) is 0 Å². The molecular weight excluding hydrogens is 346 g/mol. The van der Waals surface area contributed by atoms with E-state index in [-0.39, 0.29) is 11.9 Å². The van der Waals surface area contributed by atoms with Gasteiger partial charge in [-0.1, -0.05) is 50.9 Å². The van der Waals surface area contributed by atoms with Crippen molar-refractivity contribution in [1.29, 1.82) is 0 Å². The van der Waals surface area contributed by atoms with Crippen molar-refractivity contribution >= 4 is 37.8 Å². The molecule has 17 heavy (non-hydrogen) atoms. The molecule has 0 saturated heterocycles. The van der Waals surface area contributed by atoms with Gasteiger partial charge in [-0.2, -0.15) is 0 Å². The smallest absolute Gasteiger partial charge is 0.224 e. The standard InChI is InChI=1S/C13H17Br2NO/c1-9(14)7-10(2)16-13(17)8-11-3-5-12(15)6-4-11/h3-6,9-10H,7-8H2,1-2H3,(H,16,17). The van der Waals surface area contributed by atoms with Crippen LogP contribution in [0.4, 0.5) is 0 Å². The summed E-state index contributed by atoms with van der Waals surface area (Å²) in [5.74, 6) is 0.0768. The molecule has 0 aromatic heterocycles. The van der Waals surface area contributed by atoms with Crippen molar-refractivity contribution < 1.29 is 4.79 Å². The van der Waals surface area contributed by atoms with Crippen molar-refractivity contribution in [1.82, 2.24) is 5.32 Å². The van der Waals surface area contributed by atoms with E-state index in [9.17, 15) is 4.79 Å². The van der Waals surface area contributed by atoms with Crippen LogP contribution < -0.4 is 5.32 Å². The number of rotatable bonds is 5. The molecule has 0 spiro atoms. The van der Waals surface area contributed by atoms with Crippen LogP contribution in [0.2, 0.25) is 0 Å². The molecule has 0 fully saturated rings. The molecule has 1 N–H and O–H groups in total. The summed E-state index contributed by atoms with van der Waals surface area (Å²) in [4.78, 5) is 12.2. The Labute approximate surface area is 119 Å². The third-order valence-corrected chi connectivity index (χ3v) is 3.27. The maximum absolute atomic E-state index is 11.8. The second-order valence-electron chi connectivity index (χ2n) is 4.29. The summed E-state index contributed by atoms with van der Waals surface area (Å²) in [7, 11) is 0. The van der Waals surface area contributed by atoms with E-state index >= 15 is 0 Å². The number of carbonyl (C=O) groups is 1. The highest BCUT2D eigenvalue weighted by atomic mass is 79.9. The van der Waals surface area contributed by atoms with E-state index in [4.69, 9.17) is 0 Å². The molecule has 0 bridgehead atoms. The summed E-state index contributed by atoms with van der Waals surface area (Å²) in [5.41, 5.74) is 1.03. The van der Waals surface area contributed by atoms with Gasteiger partial charge in [0.15, 0.2) is 0 Å². The zero-order valence-corrected chi connectivity index (χ0v) is 13.2. The Balaban J connectivity index is 2.41. The van der Waals surface area contributed by atoms with Crippen LogP contribution in [-0.4, -0.2) is 16.8 Å². The third-order valence-electron chi connectivity index (χ3n) is 2.36. The first-order valence-corrected chi connectivity index (χ1v) is 7.36. The molecule has 94 valence electrons. The zero-order chi connectivity index (χ0) is 12.8. The van der Waals surface area contributed by atoms with E-state index < -0.39 is 0 Å². The van der Waals surface area contributed by atoms with Gasteiger partial charge >= 0.3 is 0 Å². The molecule has 1 rings (SSSR count). The average Bonchev–Trinajstić information content (AvgIpc) is 2.19. The Morgan fingerprint density at radius 3 is 2.41 bits per heavy atom. The Bertz CT molecular complexity index is 362. The topological polar surface area (TPSA) is 29.1 Å². The molecule has 2 unspecified atom stereocenters. The molecule has 1 amide bonds. The van der Waals surface area contributed by atoms with Crippen LogP contribution in [0.15, 0.2) is 28.7 Å². The number of alkyl halides is 1. The summed E-state index contributed by atoms with van der Waals surface area (Å²) in [5, 5.41) is 2.99. The van der Waals surface area contributed by atoms with Gasteiger partial charge in [-0.3, -0.25) is 4.79 Å². The SMILES string of the molecule is CC(Br)CC(C)NC(=O)Cc1ccc(Br)cc1. The van der Waals surface area contributed by atoms with Crippen LogP contribution in [0.5, 0.6) is 0 Å². The maximum atomic E-state index is 11.8. The van der Waals surface area contributed by atoms with Gasteiger partial charge < -0.3 is 5.32 Å². The minimum Gasteiger partial charge on any atom is -0.353 e. The van der Waals surface area contributed by atoms with Gasteiger partial charge in [0.2, 0.25) is 5.91 Å². The van der Waals surface area contributed by atoms with Crippen molar-refractivity contribution in [3.8, 4) is 0 Å². The zero-order valence-electron chi connectivity index (χ0n) is 10.0. The Kier molecular flexibility index (Phi) is 6.20. The van der Waals surface area contributed by atoms with Crippen LogP contribution in [0.1, 0.15) is 25.8 Å². The Hall–Kier alpha value is -0.350. The number of hydrogen-bond donors (Lipinski definition) is 1. The largest absolute Gasteiger partial charge is 0.353 e. The first-order chi connectivity index (χ1) is 7.97. The molecule has 0 aliphatic rings. The Morgan fingerprint density at radius 2 is 1.88 bits per heavy atom. The molecule has 0 aliphatic carbocycles. The minimum absolute atomic E-state index is 0.0768. The molecule has 0 radical (unpaired) electrons. The van der Waals surface area contributed by atoms with E-state index in [1.165, 1.54) is 0 Å². The predicted octanol–water partition coefficient (Wildman–Crippen LogP) is 3.67. The highest BCUT2D eigenvalue weighted by Crippen LogP contribution is 2.11. The summed E-state index contributed by atoms with van der Waals surface area (Å²) in [6.07, 6.45) is 1.38. The average molecular weight is 363 g/mol. The van der Waals surface area contributed by atoms with Gasteiger partial charge in [0.25, 0.3) is 0 Å². The van der Waals surface area contributed by atoms with E-state index in [1.807, 2.05) is 31.2 Å². The number of nitrogens with one attached hydrogen (secondary N) is 1. The van der Waals surface area contributed by atoms with Gasteiger partial charge in [0.05, 0.1) is 6.42 Å². The number of hydrogen-bond acceptors (Lipinski definition) is 1. The van der Waals surface area contributed by atoms with E-state index in [2.05, 4.69) is 44.1 Å². The molecule has 2 atom stereocenters. The first kappa shape index (κ1) is 14.7. The van der Waals surface area contributed by atoms with Crippen molar-refractivity contribution in [2.24, 2.45) is 0 Å². The molecule has 0 saturated carbocycles. The lowest BCUT2D eigenvalue weighted by molar-refractivity contribution is -0.121. The number of benzene rings is 1. The lowest BCUT2D eigenvalue weighted by Crippen LogP contribution is -2.34. The Morgan fingerprint density at radius 1 is 1.29 bits per heavy atom. The first-order valence-electron chi connectivity index (χ1n) is 5.65. The van der Waals surface area contributed by atoms with E-state index in [0.29, 0.717) is 11.2 Å². The normalized spacial score (nSPS) is 14.1. The van der Waals surface area contributed by atoms with Crippen LogP contribution in [-0.2, 0) is 11.2 Å². The minimum atomic E-state index is 0.0768. The van der Waals surface area contributed by atoms with Crippen LogP contribution in [0.3, 0.4) is 0 Å². The van der Waals surface area contributed by atoms with Crippen molar-refractivity contribution in [3.05, 3.63) is 34.3 Å². The summed E-state index contributed by atoms with van der Waals surface area (Å²) in [6.45, 7) is 4.11. The van der Waals surface area contributed by atoms with Crippen molar-refractivity contribution in [2.45, 2.75) is 37.6 Å². The maximum Gasteiger partial charge on any atom is 0.224 e. The fourth-order valence-electron chi connectivity index (χ4n) is 1.66. The lowest BCUT2D eigenvalue weighted by atomic mass is 10.1. The molecule has 1 aromatic carbocycles. The second-order valence-corrected chi connectivity index (χ2v) is 6.77. The van der Waals surface area contributed by atoms with Gasteiger partial charge in [-0.05, 0) is 31.0 Å². The molecule has 2 nitrogen and oxygen atoms in total. The molecule has 0 aliphatic heterocycles. The van der Waals surface area contributed by atoms with Crippen LogP contribution >= 0.6 is 31.9 Å². The summed E-state index contributed by atoms with van der Waals surface area (Å²) >= 11 is 6.86. The predicted molar refractivity (Wildman–Crippen MR) is 78.5 cm³/mol. The molecule has 1 aromatic rings. The summed E-state index contributed by atoms with van der Waals surface area (Å²) < 4.78 is 1.03. The van der Waals surface area contributed by atoms with Crippen LogP contribution in [0.25, 0.3) is 0 Å². The number of halogens is 2. The number of carbonyl (C=O) groups excluding carboxylic acids is 1. The highest BCUT2D eigenvalue weighted by molar-refractivity contribution is 9.10. The van der Waals surface area contributed by atoms with Crippen molar-refractivity contribution in [3.63, 3.8) is 0 Å². The molecule has 4 heteroatoms. The fraction of sp³-hybridized carbons (Fsp3) is 0.462. The van der Waals surface area contributed by atoms with E-state index in [0.717, 1.165) is 16.5 Å². The van der Waals surface area contributed by atoms with E-state index in [1.54, 1.807) is 0 Å². The highest BCUT2D eigenvalue weighted by Gasteiger charge is 2.10. The monoisotopic (exact) mass is 361 g/mol. The lowest BCUT2D eigenvalue weighted by Gasteiger charge is -2.15. The third kappa shape index (κ3) is 6.22.